The minimum atomic E-state index is -0.105. The van der Waals surface area contributed by atoms with Gasteiger partial charge in [-0.3, -0.25) is 4.79 Å². The Bertz CT molecular complexity index is 1250. The Balaban J connectivity index is 1.57. The van der Waals surface area contributed by atoms with Crippen molar-refractivity contribution in [3.63, 3.8) is 0 Å². The largest absolute Gasteiger partial charge is 0.354 e. The van der Waals surface area contributed by atoms with E-state index in [1.807, 2.05) is 92.0 Å². The Hall–Kier alpha value is -4.12. The van der Waals surface area contributed by atoms with Crippen LogP contribution in [0.5, 0.6) is 0 Å². The number of carbonyl (C=O) groups excluding carboxylic acids is 1. The first kappa shape index (κ1) is 17.9. The van der Waals surface area contributed by atoms with Gasteiger partial charge in [-0.25, -0.2) is 4.98 Å². The van der Waals surface area contributed by atoms with Gasteiger partial charge < -0.3 is 15.6 Å². The molecule has 2 heterocycles. The van der Waals surface area contributed by atoms with Gasteiger partial charge in [-0.05, 0) is 30.7 Å². The monoisotopic (exact) mass is 392 g/mol. The predicted molar refractivity (Wildman–Crippen MR) is 121 cm³/mol. The van der Waals surface area contributed by atoms with Gasteiger partial charge in [-0.15, -0.1) is 0 Å². The fourth-order valence-electron chi connectivity index (χ4n) is 3.68. The zero-order valence-corrected chi connectivity index (χ0v) is 16.4. The predicted octanol–water partition coefficient (Wildman–Crippen LogP) is 5.32. The van der Waals surface area contributed by atoms with Crippen LogP contribution in [0.4, 0.5) is 11.4 Å². The maximum absolute atomic E-state index is 12.9. The van der Waals surface area contributed by atoms with E-state index in [4.69, 9.17) is 0 Å². The van der Waals surface area contributed by atoms with Crippen molar-refractivity contribution in [3.05, 3.63) is 102 Å². The summed E-state index contributed by atoms with van der Waals surface area (Å²) in [6.07, 6.45) is 1.90. The van der Waals surface area contributed by atoms with Gasteiger partial charge in [0.15, 0.2) is 0 Å². The van der Waals surface area contributed by atoms with Gasteiger partial charge in [0.25, 0.3) is 5.91 Å². The molecule has 5 heteroatoms. The summed E-state index contributed by atoms with van der Waals surface area (Å²) in [5, 5.41) is 6.45. The number of fused-ring (bicyclic) bond motifs is 1. The van der Waals surface area contributed by atoms with E-state index in [2.05, 4.69) is 20.6 Å². The number of aromatic nitrogens is 2. The number of aromatic amines is 1. The molecule has 3 N–H and O–H groups in total. The number of aryl methyl sites for hydroxylation is 1. The lowest BCUT2D eigenvalue weighted by Crippen LogP contribution is -2.10. The molecule has 0 unspecified atom stereocenters. The highest BCUT2D eigenvalue weighted by molar-refractivity contribution is 6.37. The van der Waals surface area contributed by atoms with Gasteiger partial charge >= 0.3 is 0 Å². The van der Waals surface area contributed by atoms with Gasteiger partial charge in [0.05, 0.1) is 17.0 Å². The third kappa shape index (κ3) is 3.26. The average Bonchev–Trinajstić information content (AvgIpc) is 3.35. The number of carbonyl (C=O) groups is 1. The van der Waals surface area contributed by atoms with E-state index in [0.29, 0.717) is 5.57 Å². The van der Waals surface area contributed by atoms with Crippen molar-refractivity contribution in [3.8, 4) is 11.3 Å². The van der Waals surface area contributed by atoms with Crippen molar-refractivity contribution >= 4 is 28.6 Å². The molecule has 1 aliphatic heterocycles. The van der Waals surface area contributed by atoms with Gasteiger partial charge in [0, 0.05) is 28.7 Å². The summed E-state index contributed by atoms with van der Waals surface area (Å²) in [7, 11) is 0. The molecule has 0 saturated heterocycles. The standard InChI is InChI=1S/C25H20N4O/c1-16-26-15-22(27-16)17-11-13-19(14-12-17)28-24(18-7-3-2-4-8-18)23-20-9-5-6-10-21(20)29-25(23)30/h2-15,28H,1H3,(H,26,27)(H,29,30). The van der Waals surface area contributed by atoms with Crippen LogP contribution in [0.15, 0.2) is 85.1 Å². The molecular formula is C25H20N4O. The molecule has 1 aliphatic rings. The molecule has 1 amide bonds. The first-order chi connectivity index (χ1) is 14.7. The molecule has 1 aromatic heterocycles. The average molecular weight is 392 g/mol. The van der Waals surface area contributed by atoms with Crippen LogP contribution >= 0.6 is 0 Å². The fourth-order valence-corrected chi connectivity index (χ4v) is 3.68. The smallest absolute Gasteiger partial charge is 0.258 e. The number of rotatable bonds is 4. The number of hydrogen-bond acceptors (Lipinski definition) is 3. The highest BCUT2D eigenvalue weighted by Gasteiger charge is 2.28. The maximum atomic E-state index is 12.9. The van der Waals surface area contributed by atoms with Crippen LogP contribution in [-0.2, 0) is 4.79 Å². The highest BCUT2D eigenvalue weighted by atomic mass is 16.2. The van der Waals surface area contributed by atoms with E-state index in [1.165, 1.54) is 0 Å². The summed E-state index contributed by atoms with van der Waals surface area (Å²) < 4.78 is 0. The van der Waals surface area contributed by atoms with E-state index in [-0.39, 0.29) is 5.91 Å². The van der Waals surface area contributed by atoms with E-state index in [9.17, 15) is 4.79 Å². The molecule has 0 aliphatic carbocycles. The van der Waals surface area contributed by atoms with Crippen molar-refractivity contribution in [2.75, 3.05) is 10.6 Å². The van der Waals surface area contributed by atoms with Crippen LogP contribution in [0.3, 0.4) is 0 Å². The van der Waals surface area contributed by atoms with Crippen molar-refractivity contribution in [2.45, 2.75) is 6.92 Å². The fraction of sp³-hybridized carbons (Fsp3) is 0.0400. The van der Waals surface area contributed by atoms with E-state index in [0.717, 1.165) is 45.3 Å². The van der Waals surface area contributed by atoms with Gasteiger partial charge in [-0.1, -0.05) is 60.7 Å². The number of nitrogens with one attached hydrogen (secondary N) is 3. The summed E-state index contributed by atoms with van der Waals surface area (Å²) >= 11 is 0. The molecule has 4 aromatic rings. The Labute approximate surface area is 174 Å². The zero-order valence-electron chi connectivity index (χ0n) is 16.4. The van der Waals surface area contributed by atoms with Crippen LogP contribution in [0.2, 0.25) is 0 Å². The topological polar surface area (TPSA) is 69.8 Å². The van der Waals surface area contributed by atoms with Crippen LogP contribution in [0.1, 0.15) is 17.0 Å². The van der Waals surface area contributed by atoms with Gasteiger partial charge in [0.1, 0.15) is 5.82 Å². The molecule has 3 aromatic carbocycles. The number of benzene rings is 3. The second kappa shape index (κ2) is 7.37. The quantitative estimate of drug-likeness (QED) is 0.412. The Morgan fingerprint density at radius 1 is 0.900 bits per heavy atom. The van der Waals surface area contributed by atoms with Crippen molar-refractivity contribution in [1.82, 2.24) is 9.97 Å². The first-order valence-corrected chi connectivity index (χ1v) is 9.79. The summed E-state index contributed by atoms with van der Waals surface area (Å²) in [5.74, 6) is 0.778. The number of H-pyrrole nitrogens is 1. The number of hydrogen-bond donors (Lipinski definition) is 3. The molecule has 30 heavy (non-hydrogen) atoms. The Kier molecular flexibility index (Phi) is 4.41. The second-order valence-corrected chi connectivity index (χ2v) is 7.19. The van der Waals surface area contributed by atoms with Gasteiger partial charge in [-0.2, -0.15) is 0 Å². The van der Waals surface area contributed by atoms with Crippen molar-refractivity contribution in [1.29, 1.82) is 0 Å². The van der Waals surface area contributed by atoms with Crippen molar-refractivity contribution in [2.24, 2.45) is 0 Å². The lowest BCUT2D eigenvalue weighted by Gasteiger charge is -2.15. The minimum Gasteiger partial charge on any atom is -0.354 e. The Morgan fingerprint density at radius 2 is 1.63 bits per heavy atom. The zero-order chi connectivity index (χ0) is 20.5. The number of anilines is 2. The van der Waals surface area contributed by atoms with E-state index >= 15 is 0 Å². The second-order valence-electron chi connectivity index (χ2n) is 7.19. The molecular weight excluding hydrogens is 372 g/mol. The highest BCUT2D eigenvalue weighted by Crippen LogP contribution is 2.37. The number of amides is 1. The molecule has 0 atom stereocenters. The summed E-state index contributed by atoms with van der Waals surface area (Å²) in [6, 6.07) is 25.7. The third-order valence-electron chi connectivity index (χ3n) is 5.14. The molecule has 0 radical (unpaired) electrons. The van der Waals surface area contributed by atoms with Crippen LogP contribution in [0, 0.1) is 6.92 Å². The van der Waals surface area contributed by atoms with E-state index < -0.39 is 0 Å². The van der Waals surface area contributed by atoms with Gasteiger partial charge in [0.2, 0.25) is 0 Å². The summed E-state index contributed by atoms with van der Waals surface area (Å²) in [5.41, 5.74) is 6.94. The molecule has 146 valence electrons. The lowest BCUT2D eigenvalue weighted by atomic mass is 10.00. The van der Waals surface area contributed by atoms with Crippen molar-refractivity contribution < 1.29 is 4.79 Å². The number of imidazole rings is 1. The third-order valence-corrected chi connectivity index (χ3v) is 5.14. The molecule has 0 saturated carbocycles. The SMILES string of the molecule is Cc1nc(-c2ccc(NC(=C3C(=O)Nc4ccccc43)c3ccccc3)cc2)c[nH]1. The van der Waals surface area contributed by atoms with Crippen LogP contribution in [0.25, 0.3) is 22.5 Å². The van der Waals surface area contributed by atoms with Crippen LogP contribution < -0.4 is 10.6 Å². The lowest BCUT2D eigenvalue weighted by molar-refractivity contribution is -0.110. The van der Waals surface area contributed by atoms with E-state index in [1.54, 1.807) is 0 Å². The molecule has 0 bridgehead atoms. The Morgan fingerprint density at radius 3 is 2.37 bits per heavy atom. The minimum absolute atomic E-state index is 0.105. The normalized spacial score (nSPS) is 14.2. The first-order valence-electron chi connectivity index (χ1n) is 9.79. The molecule has 0 spiro atoms. The summed E-state index contributed by atoms with van der Waals surface area (Å²) in [4.78, 5) is 20.4. The van der Waals surface area contributed by atoms with Crippen LogP contribution in [-0.4, -0.2) is 15.9 Å². The molecule has 0 fully saturated rings. The maximum Gasteiger partial charge on any atom is 0.258 e. The number of para-hydroxylation sites is 1. The summed E-state index contributed by atoms with van der Waals surface area (Å²) in [6.45, 7) is 1.93. The number of nitrogens with zero attached hydrogens (tertiary/aromatic N) is 1. The molecule has 5 nitrogen and oxygen atoms in total. The molecule has 5 rings (SSSR count).